The predicted octanol–water partition coefficient (Wildman–Crippen LogP) is 1.32. The number of halogens is 1. The van der Waals surface area contributed by atoms with E-state index in [1.165, 1.54) is 36.4 Å². The third-order valence-corrected chi connectivity index (χ3v) is 3.18. The third-order valence-electron chi connectivity index (χ3n) is 3.18. The summed E-state index contributed by atoms with van der Waals surface area (Å²) in [4.78, 5) is 23.0. The molecular formula is C18H15FNO3-. The highest BCUT2D eigenvalue weighted by atomic mass is 19.1. The van der Waals surface area contributed by atoms with Gasteiger partial charge >= 0.3 is 0 Å². The minimum absolute atomic E-state index is 0.138. The topological polar surface area (TPSA) is 69.2 Å². The van der Waals surface area contributed by atoms with Crippen LogP contribution in [0, 0.1) is 5.82 Å². The second kappa shape index (κ2) is 7.89. The summed E-state index contributed by atoms with van der Waals surface area (Å²) >= 11 is 0. The maximum atomic E-state index is 12.8. The van der Waals surface area contributed by atoms with E-state index in [9.17, 15) is 19.1 Å². The molecule has 0 bridgehead atoms. The van der Waals surface area contributed by atoms with Crippen molar-refractivity contribution in [2.75, 3.05) is 0 Å². The first-order chi connectivity index (χ1) is 11.0. The molecule has 0 aliphatic rings. The third kappa shape index (κ3) is 5.39. The first-order valence-corrected chi connectivity index (χ1v) is 7.03. The van der Waals surface area contributed by atoms with Crippen LogP contribution in [0.2, 0.25) is 0 Å². The standard InChI is InChI=1S/C18H16FNO3/c19-15-9-6-13(7-10-15)8-11-17(21)20-16(18(22)23)12-14-4-2-1-3-5-14/h1-11,16H,12H2,(H,20,21)(H,22,23)/p-1/b11-8+/t16-/m0/s1. The number of hydrogen-bond acceptors (Lipinski definition) is 3. The maximum Gasteiger partial charge on any atom is 0.244 e. The van der Waals surface area contributed by atoms with Gasteiger partial charge in [0, 0.05) is 6.08 Å². The molecule has 0 aromatic heterocycles. The van der Waals surface area contributed by atoms with Gasteiger partial charge in [0.2, 0.25) is 5.91 Å². The van der Waals surface area contributed by atoms with E-state index < -0.39 is 17.9 Å². The van der Waals surface area contributed by atoms with E-state index in [1.54, 1.807) is 24.3 Å². The van der Waals surface area contributed by atoms with Gasteiger partial charge in [0.15, 0.2) is 0 Å². The Labute approximate surface area is 133 Å². The molecule has 0 heterocycles. The van der Waals surface area contributed by atoms with E-state index in [-0.39, 0.29) is 12.2 Å². The summed E-state index contributed by atoms with van der Waals surface area (Å²) in [5.74, 6) is -2.27. The predicted molar refractivity (Wildman–Crippen MR) is 82.5 cm³/mol. The fourth-order valence-electron chi connectivity index (χ4n) is 2.01. The number of hydrogen-bond donors (Lipinski definition) is 1. The van der Waals surface area contributed by atoms with Crippen LogP contribution in [0.15, 0.2) is 60.7 Å². The Morgan fingerprint density at radius 3 is 2.35 bits per heavy atom. The van der Waals surface area contributed by atoms with Crippen LogP contribution in [0.3, 0.4) is 0 Å². The van der Waals surface area contributed by atoms with Crippen molar-refractivity contribution in [2.45, 2.75) is 12.5 Å². The van der Waals surface area contributed by atoms with E-state index in [4.69, 9.17) is 0 Å². The van der Waals surface area contributed by atoms with Gasteiger partial charge in [-0.3, -0.25) is 4.79 Å². The molecule has 4 nitrogen and oxygen atoms in total. The van der Waals surface area contributed by atoms with Crippen LogP contribution in [-0.4, -0.2) is 17.9 Å². The lowest BCUT2D eigenvalue weighted by Crippen LogP contribution is -2.48. The summed E-state index contributed by atoms with van der Waals surface area (Å²) in [6.45, 7) is 0. The molecule has 0 unspecified atom stereocenters. The van der Waals surface area contributed by atoms with Crippen molar-refractivity contribution in [3.8, 4) is 0 Å². The zero-order valence-corrected chi connectivity index (χ0v) is 12.2. The van der Waals surface area contributed by atoms with E-state index in [0.29, 0.717) is 5.56 Å². The summed E-state index contributed by atoms with van der Waals surface area (Å²) in [7, 11) is 0. The van der Waals surface area contributed by atoms with Crippen molar-refractivity contribution in [1.29, 1.82) is 0 Å². The van der Waals surface area contributed by atoms with Crippen molar-refractivity contribution >= 4 is 18.0 Å². The van der Waals surface area contributed by atoms with Crippen molar-refractivity contribution in [3.05, 3.63) is 77.6 Å². The van der Waals surface area contributed by atoms with Gasteiger partial charge in [-0.2, -0.15) is 0 Å². The number of carbonyl (C=O) groups is 2. The Hall–Kier alpha value is -2.95. The van der Waals surface area contributed by atoms with Gasteiger partial charge in [-0.25, -0.2) is 4.39 Å². The van der Waals surface area contributed by atoms with Crippen LogP contribution in [0.5, 0.6) is 0 Å². The van der Waals surface area contributed by atoms with Crippen molar-refractivity contribution in [2.24, 2.45) is 0 Å². The Morgan fingerprint density at radius 1 is 1.09 bits per heavy atom. The van der Waals surface area contributed by atoms with Crippen molar-refractivity contribution < 1.29 is 19.1 Å². The van der Waals surface area contributed by atoms with Gasteiger partial charge in [0.25, 0.3) is 0 Å². The number of nitrogens with one attached hydrogen (secondary N) is 1. The van der Waals surface area contributed by atoms with Gasteiger partial charge in [0.1, 0.15) is 5.82 Å². The van der Waals surface area contributed by atoms with E-state index in [1.807, 2.05) is 6.07 Å². The monoisotopic (exact) mass is 312 g/mol. The number of amides is 1. The smallest absolute Gasteiger partial charge is 0.244 e. The molecule has 0 spiro atoms. The normalized spacial score (nSPS) is 12.0. The lowest BCUT2D eigenvalue weighted by Gasteiger charge is -2.18. The lowest BCUT2D eigenvalue weighted by molar-refractivity contribution is -0.308. The van der Waals surface area contributed by atoms with Crippen LogP contribution in [0.1, 0.15) is 11.1 Å². The molecule has 2 aromatic rings. The quantitative estimate of drug-likeness (QED) is 0.818. The van der Waals surface area contributed by atoms with Crippen molar-refractivity contribution in [1.82, 2.24) is 5.32 Å². The van der Waals surface area contributed by atoms with Gasteiger partial charge in [-0.1, -0.05) is 42.5 Å². The molecule has 118 valence electrons. The number of rotatable bonds is 6. The first kappa shape index (κ1) is 16.4. The Kier molecular flexibility index (Phi) is 5.63. The highest BCUT2D eigenvalue weighted by Gasteiger charge is 2.12. The zero-order chi connectivity index (χ0) is 16.7. The summed E-state index contributed by atoms with van der Waals surface area (Å²) in [5.41, 5.74) is 1.42. The molecule has 1 amide bonds. The van der Waals surface area contributed by atoms with Crippen LogP contribution in [0.25, 0.3) is 6.08 Å². The Morgan fingerprint density at radius 2 is 1.74 bits per heavy atom. The molecule has 1 atom stereocenters. The summed E-state index contributed by atoms with van der Waals surface area (Å²) in [6, 6.07) is 13.4. The molecule has 5 heteroatoms. The number of carboxylic acids is 1. The minimum Gasteiger partial charge on any atom is -0.548 e. The van der Waals surface area contributed by atoms with Crippen molar-refractivity contribution in [3.63, 3.8) is 0 Å². The molecule has 0 saturated heterocycles. The van der Waals surface area contributed by atoms with Crippen LogP contribution >= 0.6 is 0 Å². The Bertz CT molecular complexity index is 696. The first-order valence-electron chi connectivity index (χ1n) is 7.03. The molecule has 0 aliphatic carbocycles. The largest absolute Gasteiger partial charge is 0.548 e. The Balaban J connectivity index is 1.98. The summed E-state index contributed by atoms with van der Waals surface area (Å²) in [6.07, 6.45) is 2.82. The molecule has 0 radical (unpaired) electrons. The molecule has 1 N–H and O–H groups in total. The zero-order valence-electron chi connectivity index (χ0n) is 12.2. The van der Waals surface area contributed by atoms with Crippen LogP contribution in [0.4, 0.5) is 4.39 Å². The number of carboxylic acid groups (broad SMARTS) is 1. The average molecular weight is 312 g/mol. The van der Waals surface area contributed by atoms with Crippen LogP contribution in [-0.2, 0) is 16.0 Å². The van der Waals surface area contributed by atoms with Gasteiger partial charge in [-0.15, -0.1) is 0 Å². The second-order valence-corrected chi connectivity index (χ2v) is 4.95. The molecule has 0 saturated carbocycles. The average Bonchev–Trinajstić information content (AvgIpc) is 2.54. The van der Waals surface area contributed by atoms with E-state index >= 15 is 0 Å². The molecule has 23 heavy (non-hydrogen) atoms. The highest BCUT2D eigenvalue weighted by Crippen LogP contribution is 2.05. The molecular weight excluding hydrogens is 297 g/mol. The summed E-state index contributed by atoms with van der Waals surface area (Å²) in [5, 5.41) is 13.5. The van der Waals surface area contributed by atoms with E-state index in [0.717, 1.165) is 5.56 Å². The van der Waals surface area contributed by atoms with Gasteiger partial charge in [0.05, 0.1) is 12.0 Å². The lowest BCUT2D eigenvalue weighted by atomic mass is 10.1. The molecule has 0 aliphatic heterocycles. The second-order valence-electron chi connectivity index (χ2n) is 4.95. The summed E-state index contributed by atoms with van der Waals surface area (Å²) < 4.78 is 12.8. The molecule has 2 aromatic carbocycles. The highest BCUT2D eigenvalue weighted by molar-refractivity contribution is 5.94. The maximum absolute atomic E-state index is 12.8. The molecule has 2 rings (SSSR count). The number of aliphatic carboxylic acids is 1. The minimum atomic E-state index is -1.35. The number of carbonyl (C=O) groups excluding carboxylic acids is 2. The van der Waals surface area contributed by atoms with Gasteiger partial charge in [-0.05, 0) is 35.8 Å². The SMILES string of the molecule is O=C(/C=C/c1ccc(F)cc1)N[C@@H](Cc1ccccc1)C(=O)[O-]. The van der Waals surface area contributed by atoms with Gasteiger partial charge < -0.3 is 15.2 Å². The van der Waals surface area contributed by atoms with E-state index in [2.05, 4.69) is 5.32 Å². The fraction of sp³-hybridized carbons (Fsp3) is 0.111. The number of benzene rings is 2. The molecule has 0 fully saturated rings. The van der Waals surface area contributed by atoms with Crippen LogP contribution < -0.4 is 10.4 Å². The fourth-order valence-corrected chi connectivity index (χ4v) is 2.01.